The molecule has 3 amide bonds. The van der Waals surface area contributed by atoms with Crippen LogP contribution in [0.1, 0.15) is 50.5 Å². The summed E-state index contributed by atoms with van der Waals surface area (Å²) >= 11 is 8.82. The number of hydrogen-bond donors (Lipinski definition) is 3. The highest BCUT2D eigenvalue weighted by molar-refractivity contribution is 9.10. The number of pyridine rings is 2. The van der Waals surface area contributed by atoms with E-state index in [4.69, 9.17) is 21.6 Å². The Kier molecular flexibility index (Phi) is 29.5. The molecule has 0 bridgehead atoms. The van der Waals surface area contributed by atoms with Gasteiger partial charge >= 0.3 is 7.05 Å². The lowest BCUT2D eigenvalue weighted by Crippen LogP contribution is -2.56. The fraction of sp³-hybridized carbons (Fsp3) is 0.537. The summed E-state index contributed by atoms with van der Waals surface area (Å²) in [6.07, 6.45) is 10.9. The lowest BCUT2D eigenvalue weighted by Gasteiger charge is -2.45. The molecule has 0 radical (unpaired) electrons. The van der Waals surface area contributed by atoms with E-state index >= 15 is 0 Å². The minimum absolute atomic E-state index is 0.0214. The lowest BCUT2D eigenvalue weighted by molar-refractivity contribution is -0.133. The minimum Gasteiger partial charge on any atom is -0.437 e. The summed E-state index contributed by atoms with van der Waals surface area (Å²) in [5.41, 5.74) is 6.02. The molecule has 5 saturated heterocycles. The number of aromatic nitrogens is 6. The summed E-state index contributed by atoms with van der Waals surface area (Å²) in [5.74, 6) is 2.10. The molecule has 11 rings (SSSR count). The number of hydrogen-bond acceptors (Lipinski definition) is 22. The normalized spacial score (nSPS) is 19.5. The van der Waals surface area contributed by atoms with Crippen molar-refractivity contribution in [3.8, 4) is 12.1 Å². The van der Waals surface area contributed by atoms with Crippen molar-refractivity contribution < 1.29 is 19.4 Å². The monoisotopic (exact) mass is 1380 g/mol. The second-order valence-electron chi connectivity index (χ2n) is 25.2. The van der Waals surface area contributed by atoms with E-state index in [-0.39, 0.29) is 23.6 Å². The number of piperazine rings is 5. The van der Waals surface area contributed by atoms with Gasteiger partial charge in [-0.3, -0.25) is 34.2 Å². The number of amides is 3. The van der Waals surface area contributed by atoms with Crippen molar-refractivity contribution in [1.29, 1.82) is 10.5 Å². The minimum atomic E-state index is -0.423. The van der Waals surface area contributed by atoms with Crippen LogP contribution in [0, 0.1) is 22.7 Å². The zero-order chi connectivity index (χ0) is 68.7. The van der Waals surface area contributed by atoms with Crippen LogP contribution in [0.25, 0.3) is 21.8 Å². The van der Waals surface area contributed by atoms with Crippen LogP contribution < -0.4 is 25.3 Å². The van der Waals surface area contributed by atoms with Gasteiger partial charge in [-0.25, -0.2) is 19.9 Å². The van der Waals surface area contributed by atoms with Gasteiger partial charge in [0.25, 0.3) is 0 Å². The average molecular weight is 1390 g/mol. The Bertz CT molecular complexity index is 3470. The van der Waals surface area contributed by atoms with Gasteiger partial charge in [0.05, 0.1) is 70.9 Å². The summed E-state index contributed by atoms with van der Waals surface area (Å²) in [5, 5.41) is 36.2. The molecule has 3 N–H and O–H groups in total. The van der Waals surface area contributed by atoms with E-state index < -0.39 is 7.05 Å². The molecule has 5 fully saturated rings. The molecule has 2 aromatic carbocycles. The lowest BCUT2D eigenvalue weighted by atomic mass is 9.84. The fourth-order valence-electron chi connectivity index (χ4n) is 12.4. The molecule has 5 aliphatic heterocycles. The molecule has 4 atom stereocenters. The van der Waals surface area contributed by atoms with E-state index in [2.05, 4.69) is 135 Å². The summed E-state index contributed by atoms with van der Waals surface area (Å²) in [6.45, 7) is 26.0. The molecule has 9 heterocycles. The van der Waals surface area contributed by atoms with Crippen LogP contribution in [0.2, 0.25) is 6.82 Å². The van der Waals surface area contributed by atoms with Crippen LogP contribution in [-0.4, -0.2) is 289 Å². The standard InChI is InChI=1S/C29H37N9O.C21H21BrN6.C8H17N3O.C7H14BClN2O2.C2H7N/c1-21-17-37(26-8-7-23(14-30)29-25(26)6-5-9-31-29)18-22(2)38(21)19-27-32-15-24(16-33-27)35-10-12-36(13-11-35)28(39)20-34(3)4;1-14-11-27(12-15(2)28(14)13-20-25-9-17(22)10-26-20)19-6-5-16(8-23)21-18(19)4-3-7-24-21;1-10(2)7-8(12)11-5-3-9-4-6-11;1-8(13)11-4-2-10(3-5-11)7(12)6-9;1-3-2/h5-9,15-16,21-22H,10-13,17-20H2,1-4H3;3-7,9-10,14-15H,11-13H2,1-2H3;9H,3-7H2,1-2H3;13H,2-6H2,1H3;3H,1-2H3/t21-,22+;14-,15+;;;. The Balaban J connectivity index is 0.000000196. The van der Waals surface area contributed by atoms with Gasteiger partial charge in [-0.05, 0) is 141 Å². The second kappa shape index (κ2) is 37.3. The molecular formula is C67H96BBrClN21O4. The summed E-state index contributed by atoms with van der Waals surface area (Å²) in [7, 11) is 11.0. The third kappa shape index (κ3) is 21.4. The van der Waals surface area contributed by atoms with E-state index in [9.17, 15) is 29.9 Å². The summed E-state index contributed by atoms with van der Waals surface area (Å²) in [4.78, 5) is 85.5. The van der Waals surface area contributed by atoms with Gasteiger partial charge in [0.2, 0.25) is 17.7 Å². The number of halogens is 2. The van der Waals surface area contributed by atoms with Crippen molar-refractivity contribution in [3.63, 3.8) is 0 Å². The van der Waals surface area contributed by atoms with Crippen LogP contribution in [0.3, 0.4) is 0 Å². The Labute approximate surface area is 575 Å². The molecule has 6 aromatic rings. The van der Waals surface area contributed by atoms with Crippen LogP contribution in [0.4, 0.5) is 17.1 Å². The summed E-state index contributed by atoms with van der Waals surface area (Å²) < 4.78 is 0.892. The molecule has 5 aliphatic rings. The third-order valence-corrected chi connectivity index (χ3v) is 18.0. The molecule has 0 aliphatic carbocycles. The second-order valence-corrected chi connectivity index (χ2v) is 26.4. The molecule has 4 aromatic heterocycles. The van der Waals surface area contributed by atoms with E-state index in [1.807, 2.05) is 103 Å². The molecular weight excluding hydrogens is 1290 g/mol. The average Bonchev–Trinajstić information content (AvgIpc) is 0.931. The molecule has 0 spiro atoms. The number of nitrogens with one attached hydrogen (secondary N) is 2. The number of carbonyl (C=O) groups is 3. The first-order chi connectivity index (χ1) is 45.7. The van der Waals surface area contributed by atoms with Crippen molar-refractivity contribution in [3.05, 3.63) is 113 Å². The highest BCUT2D eigenvalue weighted by Crippen LogP contribution is 2.33. The van der Waals surface area contributed by atoms with Crippen LogP contribution in [0.15, 0.2) is 90.2 Å². The number of rotatable bonds is 13. The molecule has 28 heteroatoms. The predicted octanol–water partition coefficient (Wildman–Crippen LogP) is 4.26. The highest BCUT2D eigenvalue weighted by atomic mass is 79.9. The Hall–Kier alpha value is -7.28. The van der Waals surface area contributed by atoms with Crippen LogP contribution >= 0.6 is 27.5 Å². The SMILES string of the molecule is CB(O)N1CCN(C(=O)CCl)CC1.CN(C)CC(=O)N1CCNCC1.CNC.C[C@@H]1CN(c2ccc(C#N)c3ncccc23)C[C@H](C)N1Cc1ncc(Br)cn1.C[C@@H]1CN(c2ccc(C#N)c3ncccc23)C[C@H](C)N1Cc1ncc(N2CCN(C(=O)CN(C)C)CC2)cn1. The van der Waals surface area contributed by atoms with Gasteiger partial charge in [-0.2, -0.15) is 10.5 Å². The van der Waals surface area contributed by atoms with Gasteiger partial charge in [-0.1, -0.05) is 0 Å². The number of likely N-dealkylation sites (N-methyl/N-ethyl adjacent to an activating group) is 2. The van der Waals surface area contributed by atoms with Crippen LogP contribution in [0.5, 0.6) is 0 Å². The molecule has 0 unspecified atom stereocenters. The summed E-state index contributed by atoms with van der Waals surface area (Å²) in [6, 6.07) is 21.6. The Morgan fingerprint density at radius 2 is 0.989 bits per heavy atom. The number of nitriles is 2. The van der Waals surface area contributed by atoms with Gasteiger partial charge in [0, 0.05) is 176 Å². The number of fused-ring (bicyclic) bond motifs is 2. The number of alkyl halides is 1. The maximum absolute atomic E-state index is 12.3. The number of nitrogens with zero attached hydrogens (tertiary/aromatic N) is 19. The first-order valence-electron chi connectivity index (χ1n) is 32.7. The Morgan fingerprint density at radius 3 is 1.38 bits per heavy atom. The number of carbonyl (C=O) groups excluding carboxylic acids is 3. The largest absolute Gasteiger partial charge is 0.437 e. The first-order valence-corrected chi connectivity index (χ1v) is 34.0. The Morgan fingerprint density at radius 1 is 0.600 bits per heavy atom. The van der Waals surface area contributed by atoms with E-state index in [1.165, 1.54) is 0 Å². The zero-order valence-corrected chi connectivity index (χ0v) is 59.6. The third-order valence-electron chi connectivity index (χ3n) is 17.3. The van der Waals surface area contributed by atoms with Crippen molar-refractivity contribution in [1.82, 2.24) is 79.6 Å². The van der Waals surface area contributed by atoms with Crippen LogP contribution in [-0.2, 0) is 27.5 Å². The molecule has 95 heavy (non-hydrogen) atoms. The molecule has 25 nitrogen and oxygen atoms in total. The van der Waals surface area contributed by atoms with E-state index in [0.717, 1.165) is 153 Å². The fourth-order valence-corrected chi connectivity index (χ4v) is 12.8. The highest BCUT2D eigenvalue weighted by Gasteiger charge is 2.34. The van der Waals surface area contributed by atoms with Gasteiger partial charge in [0.1, 0.15) is 29.7 Å². The number of anilines is 3. The van der Waals surface area contributed by atoms with Crippen molar-refractivity contribution in [2.45, 2.75) is 71.8 Å². The number of benzene rings is 2. The molecule has 510 valence electrons. The van der Waals surface area contributed by atoms with Crippen molar-refractivity contribution in [2.24, 2.45) is 0 Å². The molecule has 0 saturated carbocycles. The zero-order valence-electron chi connectivity index (χ0n) is 57.2. The van der Waals surface area contributed by atoms with Gasteiger partial charge < -0.3 is 59.7 Å². The maximum atomic E-state index is 12.3. The van der Waals surface area contributed by atoms with Gasteiger partial charge in [0.15, 0.2) is 0 Å². The van der Waals surface area contributed by atoms with Gasteiger partial charge in [-0.15, -0.1) is 11.6 Å². The van der Waals surface area contributed by atoms with Crippen molar-refractivity contribution >= 4 is 91.2 Å². The quantitative estimate of drug-likeness (QED) is 0.108. The predicted molar refractivity (Wildman–Crippen MR) is 381 cm³/mol. The maximum Gasteiger partial charge on any atom is 0.376 e. The van der Waals surface area contributed by atoms with E-state index in [1.54, 1.807) is 36.5 Å². The first kappa shape index (κ1) is 75.1. The smallest absolute Gasteiger partial charge is 0.376 e. The van der Waals surface area contributed by atoms with E-state index in [0.29, 0.717) is 68.0 Å². The van der Waals surface area contributed by atoms with Crippen molar-refractivity contribution in [2.75, 3.05) is 181 Å². The topological polar surface area (TPSA) is 256 Å².